The molecule has 9 heteroatoms. The van der Waals surface area contributed by atoms with Crippen LogP contribution in [0, 0.1) is 11.8 Å². The van der Waals surface area contributed by atoms with Crippen LogP contribution in [0.15, 0.2) is 0 Å². The maximum absolute atomic E-state index is 12.3. The Morgan fingerprint density at radius 2 is 1.82 bits per heavy atom. The van der Waals surface area contributed by atoms with E-state index < -0.39 is 10.2 Å². The molecule has 0 saturated carbocycles. The Morgan fingerprint density at radius 3 is 2.23 bits per heavy atom. The van der Waals surface area contributed by atoms with Gasteiger partial charge in [0.1, 0.15) is 0 Å². The molecule has 1 unspecified atom stereocenters. The predicted molar refractivity (Wildman–Crippen MR) is 89.7 cm³/mol. The summed E-state index contributed by atoms with van der Waals surface area (Å²) in [7, 11) is -1.86. The predicted octanol–water partition coefficient (Wildman–Crippen LogP) is 0.156. The second kappa shape index (κ2) is 9.02. The van der Waals surface area contributed by atoms with E-state index in [4.69, 9.17) is 10.9 Å². The minimum absolute atomic E-state index is 0. The smallest absolute Gasteiger partial charge is 0.276 e. The van der Waals surface area contributed by atoms with Crippen LogP contribution in [0.1, 0.15) is 33.1 Å². The van der Waals surface area contributed by atoms with Gasteiger partial charge in [-0.25, -0.2) is 5.14 Å². The molecule has 1 heterocycles. The van der Waals surface area contributed by atoms with Gasteiger partial charge in [0.05, 0.1) is 0 Å². The summed E-state index contributed by atoms with van der Waals surface area (Å²) in [5.74, 6) is 0.342. The number of amides is 1. The minimum atomic E-state index is -3.63. The Kier molecular flexibility index (Phi) is 8.86. The highest BCUT2D eigenvalue weighted by atomic mass is 35.5. The molecule has 22 heavy (non-hydrogen) atoms. The van der Waals surface area contributed by atoms with Gasteiger partial charge in [-0.05, 0) is 25.2 Å². The van der Waals surface area contributed by atoms with Crippen molar-refractivity contribution in [1.29, 1.82) is 0 Å². The summed E-state index contributed by atoms with van der Waals surface area (Å²) in [6.07, 6.45) is 1.82. The highest BCUT2D eigenvalue weighted by molar-refractivity contribution is 7.86. The Morgan fingerprint density at radius 1 is 1.32 bits per heavy atom. The Balaban J connectivity index is 0.00000441. The van der Waals surface area contributed by atoms with Crippen LogP contribution in [0.25, 0.3) is 0 Å². The second-order valence-electron chi connectivity index (χ2n) is 6.17. The van der Waals surface area contributed by atoms with E-state index in [0.29, 0.717) is 38.4 Å². The summed E-state index contributed by atoms with van der Waals surface area (Å²) in [5, 5.41) is 5.09. The highest BCUT2D eigenvalue weighted by Crippen LogP contribution is 2.20. The van der Waals surface area contributed by atoms with Crippen LogP contribution in [-0.4, -0.2) is 56.3 Å². The first-order chi connectivity index (χ1) is 9.62. The van der Waals surface area contributed by atoms with Gasteiger partial charge >= 0.3 is 0 Å². The van der Waals surface area contributed by atoms with Gasteiger partial charge in [-0.1, -0.05) is 13.8 Å². The molecule has 1 aliphatic rings. The molecule has 4 N–H and O–H groups in total. The third-order valence-electron chi connectivity index (χ3n) is 4.19. The second-order valence-corrected chi connectivity index (χ2v) is 7.72. The summed E-state index contributed by atoms with van der Waals surface area (Å²) in [6, 6.07) is 0.0875. The highest BCUT2D eigenvalue weighted by Gasteiger charge is 2.30. The number of nitrogens with two attached hydrogens (primary N) is 2. The van der Waals surface area contributed by atoms with Crippen molar-refractivity contribution >= 4 is 28.5 Å². The molecule has 1 atom stereocenters. The van der Waals surface area contributed by atoms with Gasteiger partial charge in [0, 0.05) is 38.6 Å². The van der Waals surface area contributed by atoms with Crippen LogP contribution in [0.4, 0.5) is 0 Å². The number of carbonyl (C=O) groups excluding carboxylic acids is 1. The van der Waals surface area contributed by atoms with Gasteiger partial charge in [0.25, 0.3) is 10.2 Å². The van der Waals surface area contributed by atoms with Gasteiger partial charge in [-0.3, -0.25) is 4.79 Å². The van der Waals surface area contributed by atoms with Gasteiger partial charge in [0.2, 0.25) is 5.91 Å². The van der Waals surface area contributed by atoms with E-state index >= 15 is 0 Å². The fraction of sp³-hybridized carbons (Fsp3) is 0.923. The van der Waals surface area contributed by atoms with Crippen molar-refractivity contribution in [3.8, 4) is 0 Å². The minimum Gasteiger partial charge on any atom is -0.345 e. The third-order valence-corrected chi connectivity index (χ3v) is 5.28. The fourth-order valence-corrected chi connectivity index (χ4v) is 3.17. The maximum Gasteiger partial charge on any atom is 0.276 e. The summed E-state index contributed by atoms with van der Waals surface area (Å²) < 4.78 is 23.7. The molecule has 1 saturated heterocycles. The molecular formula is C13H29ClN4O3S. The molecule has 0 aliphatic carbocycles. The maximum atomic E-state index is 12.3. The molecular weight excluding hydrogens is 328 g/mol. The number of piperidine rings is 1. The molecule has 132 valence electrons. The van der Waals surface area contributed by atoms with Crippen LogP contribution in [0.3, 0.4) is 0 Å². The standard InChI is InChI=1S/C13H28N4O3S.ClH/c1-10(2)12(14)6-7-16(3)13(18)11-4-8-17(9-5-11)21(15,19)20;/h10-12H,4-9,14H2,1-3H3,(H2,15,19,20);1H. The van der Waals surface area contributed by atoms with Crippen LogP contribution in [-0.2, 0) is 15.0 Å². The average Bonchev–Trinajstić information content (AvgIpc) is 2.42. The quantitative estimate of drug-likeness (QED) is 0.706. The Hall–Kier alpha value is -0.410. The number of hydrogen-bond donors (Lipinski definition) is 2. The summed E-state index contributed by atoms with van der Waals surface area (Å²) in [6.45, 7) is 5.39. The lowest BCUT2D eigenvalue weighted by molar-refractivity contribution is -0.135. The van der Waals surface area contributed by atoms with Gasteiger partial charge < -0.3 is 10.6 Å². The summed E-state index contributed by atoms with van der Waals surface area (Å²) in [5.41, 5.74) is 5.98. The first-order valence-corrected chi connectivity index (χ1v) is 8.91. The molecule has 0 aromatic rings. The van der Waals surface area contributed by atoms with Crippen molar-refractivity contribution in [2.75, 3.05) is 26.7 Å². The number of halogens is 1. The molecule has 1 aliphatic heterocycles. The lowest BCUT2D eigenvalue weighted by Crippen LogP contribution is -2.46. The molecule has 1 rings (SSSR count). The SMILES string of the molecule is CC(C)C(N)CCN(C)C(=O)C1CCN(S(N)(=O)=O)CC1.Cl. The average molecular weight is 357 g/mol. The van der Waals surface area contributed by atoms with Crippen molar-refractivity contribution in [2.45, 2.75) is 39.2 Å². The van der Waals surface area contributed by atoms with Crippen molar-refractivity contribution in [1.82, 2.24) is 9.21 Å². The van der Waals surface area contributed by atoms with E-state index in [9.17, 15) is 13.2 Å². The number of rotatable bonds is 6. The molecule has 0 spiro atoms. The van der Waals surface area contributed by atoms with Crippen molar-refractivity contribution < 1.29 is 13.2 Å². The number of hydrogen-bond acceptors (Lipinski definition) is 4. The van der Waals surface area contributed by atoms with E-state index in [-0.39, 0.29) is 30.3 Å². The first-order valence-electron chi connectivity index (χ1n) is 7.41. The Bertz CT molecular complexity index is 450. The van der Waals surface area contributed by atoms with E-state index in [1.165, 1.54) is 4.31 Å². The molecule has 0 bridgehead atoms. The summed E-state index contributed by atoms with van der Waals surface area (Å²) in [4.78, 5) is 14.0. The largest absolute Gasteiger partial charge is 0.345 e. The molecule has 1 fully saturated rings. The molecule has 0 aromatic carbocycles. The zero-order chi connectivity index (χ0) is 16.2. The topological polar surface area (TPSA) is 110 Å². The van der Waals surface area contributed by atoms with Crippen LogP contribution in [0.2, 0.25) is 0 Å². The van der Waals surface area contributed by atoms with Gasteiger partial charge in [-0.2, -0.15) is 12.7 Å². The third kappa shape index (κ3) is 6.37. The lowest BCUT2D eigenvalue weighted by atomic mass is 9.96. The van der Waals surface area contributed by atoms with Crippen molar-refractivity contribution in [2.24, 2.45) is 22.7 Å². The molecule has 0 radical (unpaired) electrons. The summed E-state index contributed by atoms with van der Waals surface area (Å²) >= 11 is 0. The van der Waals surface area contributed by atoms with E-state index in [2.05, 4.69) is 13.8 Å². The van der Waals surface area contributed by atoms with E-state index in [0.717, 1.165) is 6.42 Å². The molecule has 7 nitrogen and oxygen atoms in total. The molecule has 0 aromatic heterocycles. The van der Waals surface area contributed by atoms with E-state index in [1.54, 1.807) is 11.9 Å². The lowest BCUT2D eigenvalue weighted by Gasteiger charge is -2.32. The van der Waals surface area contributed by atoms with Crippen LogP contribution < -0.4 is 10.9 Å². The van der Waals surface area contributed by atoms with Crippen molar-refractivity contribution in [3.05, 3.63) is 0 Å². The van der Waals surface area contributed by atoms with Crippen LogP contribution >= 0.6 is 12.4 Å². The monoisotopic (exact) mass is 356 g/mol. The fourth-order valence-electron chi connectivity index (χ4n) is 2.46. The Labute approximate surface area is 140 Å². The zero-order valence-electron chi connectivity index (χ0n) is 13.6. The van der Waals surface area contributed by atoms with Gasteiger partial charge in [0.15, 0.2) is 0 Å². The first kappa shape index (κ1) is 21.6. The normalized spacial score (nSPS) is 18.8. The molecule has 1 amide bonds. The number of nitrogens with zero attached hydrogens (tertiary/aromatic N) is 2. The number of carbonyl (C=O) groups is 1. The van der Waals surface area contributed by atoms with Gasteiger partial charge in [-0.15, -0.1) is 12.4 Å². The van der Waals surface area contributed by atoms with Crippen LogP contribution in [0.5, 0.6) is 0 Å². The van der Waals surface area contributed by atoms with E-state index in [1.807, 2.05) is 0 Å². The van der Waals surface area contributed by atoms with Crippen molar-refractivity contribution in [3.63, 3.8) is 0 Å². The zero-order valence-corrected chi connectivity index (χ0v) is 15.2.